The zero-order valence-electron chi connectivity index (χ0n) is 6.84. The summed E-state index contributed by atoms with van der Waals surface area (Å²) in [5, 5.41) is 17.6. The van der Waals surface area contributed by atoms with Crippen molar-refractivity contribution in [2.24, 2.45) is 11.8 Å². The maximum atomic E-state index is 10.8. The van der Waals surface area contributed by atoms with Crippen molar-refractivity contribution in [3.63, 3.8) is 0 Å². The molecule has 2 rings (SSSR count). The Hall–Kier alpha value is 0.900. The van der Waals surface area contributed by atoms with Gasteiger partial charge in [-0.2, -0.15) is 0 Å². The molecular weight excluding hydrogens is 222 g/mol. The number of hydrogen-bond acceptors (Lipinski definition) is 3. The van der Waals surface area contributed by atoms with Crippen LogP contribution in [0.4, 0.5) is 0 Å². The molecule has 0 aromatic carbocycles. The van der Waals surface area contributed by atoms with E-state index in [2.05, 4.69) is 0 Å². The number of carboxylic acids is 2. The van der Waals surface area contributed by atoms with Gasteiger partial charge in [-0.1, -0.05) is 0 Å². The Morgan fingerprint density at radius 2 is 1.27 bits per heavy atom. The van der Waals surface area contributed by atoms with E-state index in [-0.39, 0.29) is 71.3 Å². The molecule has 2 aliphatic heterocycles. The Bertz CT molecular complexity index is 244. The first-order valence-corrected chi connectivity index (χ1v) is 4.22. The van der Waals surface area contributed by atoms with Crippen LogP contribution in [0.15, 0.2) is 0 Å². The normalized spacial score (nSPS) is 36.5. The first kappa shape index (κ1) is 15.9. The Morgan fingerprint density at radius 3 is 1.53 bits per heavy atom. The van der Waals surface area contributed by atoms with Crippen LogP contribution >= 0.6 is 0 Å². The number of carboxylic acid groups (broad SMARTS) is 2. The molecule has 76 valence electrons. The summed E-state index contributed by atoms with van der Waals surface area (Å²) in [7, 11) is 0. The molecule has 4 atom stereocenters. The van der Waals surface area contributed by atoms with Crippen LogP contribution in [0.1, 0.15) is 12.8 Å². The van der Waals surface area contributed by atoms with E-state index in [0.29, 0.717) is 12.8 Å². The number of rotatable bonds is 2. The Labute approximate surface area is 131 Å². The van der Waals surface area contributed by atoms with Crippen molar-refractivity contribution in [1.29, 1.82) is 0 Å². The van der Waals surface area contributed by atoms with Gasteiger partial charge >= 0.3 is 71.1 Å². The predicted octanol–water partition coefficient (Wildman–Crippen LogP) is -1.35. The maximum absolute atomic E-state index is 10.8. The molecule has 0 aromatic rings. The molecule has 2 bridgehead atoms. The van der Waals surface area contributed by atoms with Gasteiger partial charge in [0.05, 0.1) is 24.0 Å². The Morgan fingerprint density at radius 1 is 0.933 bits per heavy atom. The SMILES string of the molecule is O=C(O)C1C2CCC(O2)C1C(=O)O.[NaH].[NaH]. The summed E-state index contributed by atoms with van der Waals surface area (Å²) in [6.45, 7) is 0. The molecular formula is C8H12Na2O5. The van der Waals surface area contributed by atoms with Crippen molar-refractivity contribution >= 4 is 71.1 Å². The molecule has 2 N–H and O–H groups in total. The minimum absolute atomic E-state index is 0. The average molecular weight is 234 g/mol. The minimum atomic E-state index is -1.06. The van der Waals surface area contributed by atoms with E-state index >= 15 is 0 Å². The van der Waals surface area contributed by atoms with Gasteiger partial charge in [0, 0.05) is 0 Å². The van der Waals surface area contributed by atoms with E-state index in [1.807, 2.05) is 0 Å². The molecule has 0 spiro atoms. The van der Waals surface area contributed by atoms with Gasteiger partial charge in [-0.05, 0) is 12.8 Å². The third-order valence-corrected chi connectivity index (χ3v) is 2.84. The van der Waals surface area contributed by atoms with Gasteiger partial charge in [0.1, 0.15) is 0 Å². The van der Waals surface area contributed by atoms with Crippen LogP contribution in [0.2, 0.25) is 0 Å². The quantitative estimate of drug-likeness (QED) is 0.577. The fraction of sp³-hybridized carbons (Fsp3) is 0.750. The second-order valence-corrected chi connectivity index (χ2v) is 3.52. The van der Waals surface area contributed by atoms with Crippen LogP contribution in [0.25, 0.3) is 0 Å². The first-order valence-electron chi connectivity index (χ1n) is 4.22. The molecule has 0 aliphatic carbocycles. The molecule has 2 saturated heterocycles. The summed E-state index contributed by atoms with van der Waals surface area (Å²) >= 11 is 0. The van der Waals surface area contributed by atoms with Crippen molar-refractivity contribution in [1.82, 2.24) is 0 Å². The van der Waals surface area contributed by atoms with E-state index < -0.39 is 23.8 Å². The van der Waals surface area contributed by atoms with Crippen LogP contribution in [0.5, 0.6) is 0 Å². The molecule has 5 nitrogen and oxygen atoms in total. The molecule has 0 saturated carbocycles. The van der Waals surface area contributed by atoms with E-state index in [0.717, 1.165) is 0 Å². The van der Waals surface area contributed by atoms with Gasteiger partial charge in [0.15, 0.2) is 0 Å². The van der Waals surface area contributed by atoms with E-state index in [1.165, 1.54) is 0 Å². The van der Waals surface area contributed by atoms with E-state index in [1.54, 1.807) is 0 Å². The van der Waals surface area contributed by atoms with E-state index in [4.69, 9.17) is 14.9 Å². The van der Waals surface area contributed by atoms with Gasteiger partial charge in [-0.15, -0.1) is 0 Å². The molecule has 2 heterocycles. The van der Waals surface area contributed by atoms with Gasteiger partial charge in [0.2, 0.25) is 0 Å². The number of aliphatic carboxylic acids is 2. The molecule has 2 fully saturated rings. The summed E-state index contributed by atoms with van der Waals surface area (Å²) in [4.78, 5) is 21.5. The average Bonchev–Trinajstić information content (AvgIpc) is 2.60. The molecule has 7 heteroatoms. The molecule has 0 aromatic heterocycles. The molecule has 15 heavy (non-hydrogen) atoms. The topological polar surface area (TPSA) is 83.8 Å². The summed E-state index contributed by atoms with van der Waals surface area (Å²) in [5.41, 5.74) is 0. The van der Waals surface area contributed by atoms with E-state index in [9.17, 15) is 9.59 Å². The molecule has 0 radical (unpaired) electrons. The van der Waals surface area contributed by atoms with Gasteiger partial charge in [0.25, 0.3) is 0 Å². The van der Waals surface area contributed by atoms with Crippen molar-refractivity contribution in [3.8, 4) is 0 Å². The van der Waals surface area contributed by atoms with Gasteiger partial charge in [-0.25, -0.2) is 0 Å². The van der Waals surface area contributed by atoms with Crippen LogP contribution < -0.4 is 0 Å². The number of hydrogen-bond donors (Lipinski definition) is 2. The Kier molecular flexibility index (Phi) is 6.36. The van der Waals surface area contributed by atoms with Crippen LogP contribution in [-0.4, -0.2) is 93.5 Å². The van der Waals surface area contributed by atoms with Crippen molar-refractivity contribution < 1.29 is 24.5 Å². The zero-order chi connectivity index (χ0) is 9.59. The number of carbonyl (C=O) groups is 2. The number of fused-ring (bicyclic) bond motifs is 2. The zero-order valence-corrected chi connectivity index (χ0v) is 6.84. The standard InChI is InChI=1S/C8H10O5.2Na.2H/c9-7(10)5-3-1-2-4(13-3)6(5)8(11)12;;;;/h3-6H,1-2H2,(H,9,10)(H,11,12);;;;. The fourth-order valence-electron chi connectivity index (χ4n) is 2.31. The summed E-state index contributed by atoms with van der Waals surface area (Å²) in [5.74, 6) is -3.81. The van der Waals surface area contributed by atoms with Crippen molar-refractivity contribution in [3.05, 3.63) is 0 Å². The van der Waals surface area contributed by atoms with Gasteiger partial charge < -0.3 is 14.9 Å². The van der Waals surface area contributed by atoms with Crippen LogP contribution in [0.3, 0.4) is 0 Å². The Balaban J connectivity index is 0.000000980. The van der Waals surface area contributed by atoms with Crippen molar-refractivity contribution in [2.75, 3.05) is 0 Å². The summed E-state index contributed by atoms with van der Waals surface area (Å²) in [6, 6.07) is 0. The third-order valence-electron chi connectivity index (χ3n) is 2.84. The fourth-order valence-corrected chi connectivity index (χ4v) is 2.31. The predicted molar refractivity (Wildman–Crippen MR) is 54.4 cm³/mol. The summed E-state index contributed by atoms with van der Waals surface area (Å²) in [6.07, 6.45) is 0.573. The monoisotopic (exact) mass is 234 g/mol. The molecule has 0 amide bonds. The first-order chi connectivity index (χ1) is 6.11. The number of ether oxygens (including phenoxy) is 1. The molecule has 2 aliphatic rings. The van der Waals surface area contributed by atoms with Crippen LogP contribution in [-0.2, 0) is 14.3 Å². The van der Waals surface area contributed by atoms with Gasteiger partial charge in [-0.3, -0.25) is 9.59 Å². The third kappa shape index (κ3) is 2.77. The second-order valence-electron chi connectivity index (χ2n) is 3.52. The molecule has 4 unspecified atom stereocenters. The second kappa shape index (κ2) is 6.00. The summed E-state index contributed by atoms with van der Waals surface area (Å²) < 4.78 is 5.26. The van der Waals surface area contributed by atoms with Crippen LogP contribution in [0, 0.1) is 11.8 Å². The van der Waals surface area contributed by atoms with Crippen molar-refractivity contribution in [2.45, 2.75) is 25.0 Å².